The molecule has 3 unspecified atom stereocenters. The Morgan fingerprint density at radius 2 is 2.06 bits per heavy atom. The number of ether oxygens (including phenoxy) is 1. The molecule has 0 amide bonds. The van der Waals surface area contributed by atoms with Crippen LogP contribution in [0.15, 0.2) is 0 Å². The average Bonchev–Trinajstić information content (AvgIpc) is 2.35. The maximum Gasteiger partial charge on any atom is 0.175 e. The van der Waals surface area contributed by atoms with Gasteiger partial charge in [-0.3, -0.25) is 4.79 Å². The lowest BCUT2D eigenvalue weighted by Gasteiger charge is -2.39. The van der Waals surface area contributed by atoms with Crippen LogP contribution in [-0.2, 0) is 9.53 Å². The first-order valence-electron chi connectivity index (χ1n) is 6.67. The number of carbonyl (C=O) groups is 1. The summed E-state index contributed by atoms with van der Waals surface area (Å²) in [5.41, 5.74) is 0. The highest BCUT2D eigenvalue weighted by molar-refractivity contribution is 5.85. The lowest BCUT2D eigenvalue weighted by molar-refractivity contribution is -0.126. The van der Waals surface area contributed by atoms with E-state index in [0.29, 0.717) is 12.6 Å². The van der Waals surface area contributed by atoms with E-state index in [1.54, 1.807) is 0 Å². The number of fused-ring (bicyclic) bond motifs is 1. The minimum Gasteiger partial charge on any atom is -0.374 e. The zero-order chi connectivity index (χ0) is 11.4. The van der Waals surface area contributed by atoms with E-state index in [0.717, 1.165) is 12.3 Å². The van der Waals surface area contributed by atoms with Crippen molar-refractivity contribution in [2.75, 3.05) is 13.2 Å². The largest absolute Gasteiger partial charge is 0.374 e. The van der Waals surface area contributed by atoms with Crippen LogP contribution in [-0.4, -0.2) is 31.1 Å². The zero-order valence-electron chi connectivity index (χ0n) is 10.2. The van der Waals surface area contributed by atoms with Gasteiger partial charge in [0.2, 0.25) is 0 Å². The summed E-state index contributed by atoms with van der Waals surface area (Å²) in [6, 6.07) is 0.656. The van der Waals surface area contributed by atoms with E-state index in [9.17, 15) is 4.79 Å². The molecule has 0 aromatic rings. The Balaban J connectivity index is 1.82. The van der Waals surface area contributed by atoms with Gasteiger partial charge in [0.1, 0.15) is 6.61 Å². The van der Waals surface area contributed by atoms with Crippen molar-refractivity contribution < 1.29 is 9.53 Å². The molecule has 0 spiro atoms. The smallest absolute Gasteiger partial charge is 0.175 e. The summed E-state index contributed by atoms with van der Waals surface area (Å²) in [4.78, 5) is 11.8. The van der Waals surface area contributed by atoms with Crippen LogP contribution in [0.1, 0.15) is 45.4 Å². The number of hydrogen-bond donors (Lipinski definition) is 1. The van der Waals surface area contributed by atoms with Crippen molar-refractivity contribution in [1.29, 1.82) is 0 Å². The van der Waals surface area contributed by atoms with Gasteiger partial charge >= 0.3 is 0 Å². The van der Waals surface area contributed by atoms with Gasteiger partial charge < -0.3 is 10.1 Å². The van der Waals surface area contributed by atoms with Crippen molar-refractivity contribution in [2.45, 2.75) is 57.5 Å². The van der Waals surface area contributed by atoms with Crippen LogP contribution in [0.3, 0.4) is 0 Å². The number of ketones is 1. The molecule has 0 bridgehead atoms. The summed E-state index contributed by atoms with van der Waals surface area (Å²) >= 11 is 0. The van der Waals surface area contributed by atoms with Crippen LogP contribution in [0.4, 0.5) is 0 Å². The highest BCUT2D eigenvalue weighted by Crippen LogP contribution is 2.32. The maximum atomic E-state index is 11.8. The minimum atomic E-state index is 0.0610. The molecule has 3 heteroatoms. The van der Waals surface area contributed by atoms with Crippen LogP contribution < -0.4 is 5.32 Å². The third-order valence-corrected chi connectivity index (χ3v) is 3.99. The normalized spacial score (nSPS) is 34.4. The van der Waals surface area contributed by atoms with E-state index in [-0.39, 0.29) is 18.4 Å². The van der Waals surface area contributed by atoms with Crippen molar-refractivity contribution in [3.8, 4) is 0 Å². The molecular formula is C13H23NO2. The Kier molecular flexibility index (Phi) is 4.36. The molecular weight excluding hydrogens is 202 g/mol. The van der Waals surface area contributed by atoms with Crippen LogP contribution in [0.2, 0.25) is 0 Å². The number of nitrogens with one attached hydrogen (secondary N) is 1. The third kappa shape index (κ3) is 2.83. The SMILES string of the molecule is CCOCC(=O)C1CCC2CCCCC2N1. The lowest BCUT2D eigenvalue weighted by atomic mass is 9.77. The Morgan fingerprint density at radius 1 is 1.25 bits per heavy atom. The summed E-state index contributed by atoms with van der Waals surface area (Å²) < 4.78 is 5.20. The highest BCUT2D eigenvalue weighted by atomic mass is 16.5. The maximum absolute atomic E-state index is 11.8. The molecule has 1 heterocycles. The van der Waals surface area contributed by atoms with Crippen molar-refractivity contribution >= 4 is 5.78 Å². The van der Waals surface area contributed by atoms with E-state index in [1.807, 2.05) is 6.92 Å². The molecule has 2 fully saturated rings. The molecule has 16 heavy (non-hydrogen) atoms. The lowest BCUT2D eigenvalue weighted by Crippen LogP contribution is -2.52. The van der Waals surface area contributed by atoms with E-state index in [4.69, 9.17) is 4.74 Å². The second-order valence-corrected chi connectivity index (χ2v) is 5.05. The Bertz CT molecular complexity index is 242. The number of rotatable bonds is 4. The van der Waals surface area contributed by atoms with Gasteiger partial charge in [0, 0.05) is 12.6 Å². The van der Waals surface area contributed by atoms with Crippen molar-refractivity contribution in [3.63, 3.8) is 0 Å². The van der Waals surface area contributed by atoms with Gasteiger partial charge in [-0.1, -0.05) is 12.8 Å². The predicted octanol–water partition coefficient (Wildman–Crippen LogP) is 1.90. The molecule has 2 rings (SSSR count). The van der Waals surface area contributed by atoms with Crippen LogP contribution >= 0.6 is 0 Å². The number of piperidine rings is 1. The van der Waals surface area contributed by atoms with Crippen LogP contribution in [0.5, 0.6) is 0 Å². The van der Waals surface area contributed by atoms with Crippen molar-refractivity contribution in [1.82, 2.24) is 5.32 Å². The number of carbonyl (C=O) groups excluding carboxylic acids is 1. The molecule has 1 saturated carbocycles. The zero-order valence-corrected chi connectivity index (χ0v) is 10.2. The molecule has 1 aliphatic heterocycles. The van der Waals surface area contributed by atoms with Gasteiger partial charge in [-0.2, -0.15) is 0 Å². The number of Topliss-reactive ketones (excluding diaryl/α,β-unsaturated/α-hetero) is 1. The predicted molar refractivity (Wildman–Crippen MR) is 63.4 cm³/mol. The molecule has 0 radical (unpaired) electrons. The van der Waals surface area contributed by atoms with E-state index in [1.165, 1.54) is 32.1 Å². The molecule has 1 saturated heterocycles. The highest BCUT2D eigenvalue weighted by Gasteiger charge is 2.34. The van der Waals surface area contributed by atoms with Crippen LogP contribution in [0.25, 0.3) is 0 Å². The van der Waals surface area contributed by atoms with Gasteiger partial charge in [0.25, 0.3) is 0 Å². The molecule has 0 aromatic carbocycles. The monoisotopic (exact) mass is 225 g/mol. The van der Waals surface area contributed by atoms with Gasteiger partial charge in [0.15, 0.2) is 5.78 Å². The fourth-order valence-corrected chi connectivity index (χ4v) is 3.05. The fourth-order valence-electron chi connectivity index (χ4n) is 3.05. The number of hydrogen-bond acceptors (Lipinski definition) is 3. The quantitative estimate of drug-likeness (QED) is 0.794. The molecule has 2 aliphatic rings. The van der Waals surface area contributed by atoms with E-state index in [2.05, 4.69) is 5.32 Å². The molecule has 92 valence electrons. The summed E-state index contributed by atoms with van der Waals surface area (Å²) in [7, 11) is 0. The summed E-state index contributed by atoms with van der Waals surface area (Å²) in [6.45, 7) is 2.84. The topological polar surface area (TPSA) is 38.3 Å². The summed E-state index contributed by atoms with van der Waals surface area (Å²) in [5, 5.41) is 3.53. The van der Waals surface area contributed by atoms with Crippen molar-refractivity contribution in [2.24, 2.45) is 5.92 Å². The molecule has 3 nitrogen and oxygen atoms in total. The van der Waals surface area contributed by atoms with E-state index >= 15 is 0 Å². The first-order chi connectivity index (χ1) is 7.81. The third-order valence-electron chi connectivity index (χ3n) is 3.99. The Hall–Kier alpha value is -0.410. The first-order valence-corrected chi connectivity index (χ1v) is 6.67. The second kappa shape index (κ2) is 5.78. The molecule has 1 N–H and O–H groups in total. The second-order valence-electron chi connectivity index (χ2n) is 5.05. The molecule has 3 atom stereocenters. The Labute approximate surface area is 97.9 Å². The molecule has 0 aromatic heterocycles. The average molecular weight is 225 g/mol. The van der Waals surface area contributed by atoms with Crippen LogP contribution in [0, 0.1) is 5.92 Å². The standard InChI is InChI=1S/C13H23NO2/c1-2-16-9-13(15)12-8-7-10-5-3-4-6-11(10)14-12/h10-12,14H,2-9H2,1H3. The van der Waals surface area contributed by atoms with Gasteiger partial charge in [0.05, 0.1) is 6.04 Å². The summed E-state index contributed by atoms with van der Waals surface area (Å²) in [5.74, 6) is 1.07. The van der Waals surface area contributed by atoms with Crippen molar-refractivity contribution in [3.05, 3.63) is 0 Å². The fraction of sp³-hybridized carbons (Fsp3) is 0.923. The van der Waals surface area contributed by atoms with Gasteiger partial charge in [-0.15, -0.1) is 0 Å². The summed E-state index contributed by atoms with van der Waals surface area (Å²) in [6.07, 6.45) is 7.53. The van der Waals surface area contributed by atoms with Gasteiger partial charge in [-0.25, -0.2) is 0 Å². The minimum absolute atomic E-state index is 0.0610. The first kappa shape index (κ1) is 12.1. The Morgan fingerprint density at radius 3 is 2.88 bits per heavy atom. The van der Waals surface area contributed by atoms with Gasteiger partial charge in [-0.05, 0) is 38.5 Å². The van der Waals surface area contributed by atoms with E-state index < -0.39 is 0 Å². The molecule has 1 aliphatic carbocycles.